The Morgan fingerprint density at radius 3 is 3.12 bits per heavy atom. The normalized spacial score (nSPS) is 10.1. The standard InChI is InChI=1S/C10H10N4O3/c15-8-1-3-11-5-7(8)10(16)12-4-2-9-13-6-17-14-9/h1,3,5-6H,2,4H2,(H,11,15)(H,12,16). The van der Waals surface area contributed by atoms with Crippen molar-refractivity contribution in [2.75, 3.05) is 6.54 Å². The van der Waals surface area contributed by atoms with Gasteiger partial charge in [0.2, 0.25) is 6.39 Å². The van der Waals surface area contributed by atoms with Crippen molar-refractivity contribution in [1.82, 2.24) is 20.4 Å². The molecule has 88 valence electrons. The van der Waals surface area contributed by atoms with Crippen LogP contribution in [0.15, 0.2) is 34.2 Å². The second-order valence-electron chi connectivity index (χ2n) is 3.28. The van der Waals surface area contributed by atoms with Crippen molar-refractivity contribution < 1.29 is 9.32 Å². The van der Waals surface area contributed by atoms with Gasteiger partial charge < -0.3 is 14.8 Å². The Bertz CT molecular complexity index is 547. The molecule has 0 spiro atoms. The summed E-state index contributed by atoms with van der Waals surface area (Å²) in [5.74, 6) is 0.0858. The molecule has 2 aromatic rings. The maximum atomic E-state index is 11.6. The number of carbonyl (C=O) groups excluding carboxylic acids is 1. The lowest BCUT2D eigenvalue weighted by Crippen LogP contribution is -2.30. The van der Waals surface area contributed by atoms with Crippen LogP contribution in [-0.2, 0) is 6.42 Å². The highest BCUT2D eigenvalue weighted by Crippen LogP contribution is 1.91. The van der Waals surface area contributed by atoms with Crippen LogP contribution in [0.2, 0.25) is 0 Å². The van der Waals surface area contributed by atoms with Crippen molar-refractivity contribution in [3.05, 3.63) is 46.5 Å². The summed E-state index contributed by atoms with van der Waals surface area (Å²) >= 11 is 0. The van der Waals surface area contributed by atoms with Gasteiger partial charge in [-0.05, 0) is 0 Å². The lowest BCUT2D eigenvalue weighted by atomic mass is 10.2. The molecule has 0 aliphatic heterocycles. The molecule has 0 saturated carbocycles. The molecule has 0 aromatic carbocycles. The number of H-pyrrole nitrogens is 1. The van der Waals surface area contributed by atoms with Crippen LogP contribution in [0.25, 0.3) is 0 Å². The van der Waals surface area contributed by atoms with Crippen molar-refractivity contribution in [2.45, 2.75) is 6.42 Å². The third kappa shape index (κ3) is 2.77. The fraction of sp³-hybridized carbons (Fsp3) is 0.200. The minimum absolute atomic E-state index is 0.0839. The summed E-state index contributed by atoms with van der Waals surface area (Å²) in [5.41, 5.74) is -0.235. The lowest BCUT2D eigenvalue weighted by Gasteiger charge is -2.02. The summed E-state index contributed by atoms with van der Waals surface area (Å²) in [7, 11) is 0. The molecule has 0 unspecified atom stereocenters. The van der Waals surface area contributed by atoms with Crippen LogP contribution in [0.5, 0.6) is 0 Å². The molecule has 7 heteroatoms. The number of rotatable bonds is 4. The summed E-state index contributed by atoms with van der Waals surface area (Å²) in [5, 5.41) is 6.20. The number of aromatic nitrogens is 3. The van der Waals surface area contributed by atoms with E-state index in [4.69, 9.17) is 0 Å². The molecule has 0 aliphatic rings. The summed E-state index contributed by atoms with van der Waals surface area (Å²) in [6, 6.07) is 1.30. The minimum atomic E-state index is -0.421. The SMILES string of the molecule is O=C(NCCc1ncon1)c1c[nH]ccc1=O. The zero-order valence-electron chi connectivity index (χ0n) is 8.84. The average Bonchev–Trinajstić information content (AvgIpc) is 2.82. The number of carbonyl (C=O) groups is 1. The van der Waals surface area contributed by atoms with Gasteiger partial charge in [0, 0.05) is 31.4 Å². The maximum Gasteiger partial charge on any atom is 0.256 e. The number of aromatic amines is 1. The van der Waals surface area contributed by atoms with Gasteiger partial charge in [-0.1, -0.05) is 5.16 Å². The van der Waals surface area contributed by atoms with Gasteiger partial charge in [-0.15, -0.1) is 0 Å². The van der Waals surface area contributed by atoms with Gasteiger partial charge in [0.05, 0.1) is 0 Å². The monoisotopic (exact) mass is 234 g/mol. The smallest absolute Gasteiger partial charge is 0.256 e. The molecule has 0 aliphatic carbocycles. The fourth-order valence-corrected chi connectivity index (χ4v) is 1.28. The lowest BCUT2D eigenvalue weighted by molar-refractivity contribution is 0.0952. The molecule has 2 N–H and O–H groups in total. The third-order valence-electron chi connectivity index (χ3n) is 2.11. The highest BCUT2D eigenvalue weighted by atomic mass is 16.5. The first kappa shape index (κ1) is 11.1. The van der Waals surface area contributed by atoms with Crippen molar-refractivity contribution in [3.63, 3.8) is 0 Å². The van der Waals surface area contributed by atoms with E-state index in [9.17, 15) is 9.59 Å². The molecule has 0 atom stereocenters. The van der Waals surface area contributed by atoms with E-state index in [1.54, 1.807) is 0 Å². The quantitative estimate of drug-likeness (QED) is 0.758. The zero-order chi connectivity index (χ0) is 12.1. The van der Waals surface area contributed by atoms with E-state index in [1.165, 1.54) is 24.9 Å². The average molecular weight is 234 g/mol. The summed E-state index contributed by atoms with van der Waals surface area (Å²) in [6.45, 7) is 0.340. The predicted octanol–water partition coefficient (Wildman–Crippen LogP) is -0.270. The molecule has 2 heterocycles. The van der Waals surface area contributed by atoms with Crippen LogP contribution in [-0.4, -0.2) is 27.6 Å². The van der Waals surface area contributed by atoms with E-state index in [-0.39, 0.29) is 11.0 Å². The van der Waals surface area contributed by atoms with E-state index >= 15 is 0 Å². The van der Waals surface area contributed by atoms with Crippen LogP contribution in [0.4, 0.5) is 0 Å². The van der Waals surface area contributed by atoms with E-state index in [1.807, 2.05) is 0 Å². The third-order valence-corrected chi connectivity index (χ3v) is 2.11. The second-order valence-corrected chi connectivity index (χ2v) is 3.28. The van der Waals surface area contributed by atoms with E-state index in [0.717, 1.165) is 0 Å². The van der Waals surface area contributed by atoms with Gasteiger partial charge in [-0.25, -0.2) is 0 Å². The fourth-order valence-electron chi connectivity index (χ4n) is 1.28. The van der Waals surface area contributed by atoms with Crippen LogP contribution in [0, 0.1) is 0 Å². The number of nitrogens with zero attached hydrogens (tertiary/aromatic N) is 2. The van der Waals surface area contributed by atoms with Gasteiger partial charge in [-0.2, -0.15) is 4.98 Å². The molecule has 0 bridgehead atoms. The van der Waals surface area contributed by atoms with E-state index in [0.29, 0.717) is 18.8 Å². The predicted molar refractivity (Wildman–Crippen MR) is 57.4 cm³/mol. The first-order valence-corrected chi connectivity index (χ1v) is 4.98. The number of hydrogen-bond acceptors (Lipinski definition) is 5. The highest BCUT2D eigenvalue weighted by molar-refractivity contribution is 5.93. The molecule has 0 fully saturated rings. The Morgan fingerprint density at radius 2 is 2.41 bits per heavy atom. The Hall–Kier alpha value is -2.44. The van der Waals surface area contributed by atoms with Gasteiger partial charge in [0.25, 0.3) is 5.91 Å². The largest absolute Gasteiger partial charge is 0.367 e. The minimum Gasteiger partial charge on any atom is -0.367 e. The van der Waals surface area contributed by atoms with Crippen LogP contribution in [0.3, 0.4) is 0 Å². The first-order valence-electron chi connectivity index (χ1n) is 4.98. The van der Waals surface area contributed by atoms with Gasteiger partial charge in [-0.3, -0.25) is 9.59 Å². The topological polar surface area (TPSA) is 101 Å². The molecule has 1 amide bonds. The molecule has 0 saturated heterocycles. The van der Waals surface area contributed by atoms with Crippen molar-refractivity contribution >= 4 is 5.91 Å². The van der Waals surface area contributed by atoms with E-state index in [2.05, 4.69) is 25.0 Å². The molecule has 2 rings (SSSR count). The van der Waals surface area contributed by atoms with Crippen molar-refractivity contribution in [1.29, 1.82) is 0 Å². The highest BCUT2D eigenvalue weighted by Gasteiger charge is 2.08. The summed E-state index contributed by atoms with van der Waals surface area (Å²) < 4.78 is 4.55. The Kier molecular flexibility index (Phi) is 3.29. The van der Waals surface area contributed by atoms with Crippen molar-refractivity contribution in [2.24, 2.45) is 0 Å². The van der Waals surface area contributed by atoms with Crippen LogP contribution in [0.1, 0.15) is 16.2 Å². The van der Waals surface area contributed by atoms with Crippen LogP contribution < -0.4 is 10.7 Å². The maximum absolute atomic E-state index is 11.6. The molecule has 0 radical (unpaired) electrons. The zero-order valence-corrected chi connectivity index (χ0v) is 8.84. The molecule has 7 nitrogen and oxygen atoms in total. The first-order chi connectivity index (χ1) is 8.27. The number of hydrogen-bond donors (Lipinski definition) is 2. The Labute approximate surface area is 95.9 Å². The van der Waals surface area contributed by atoms with Crippen molar-refractivity contribution in [3.8, 4) is 0 Å². The van der Waals surface area contributed by atoms with Crippen LogP contribution >= 0.6 is 0 Å². The van der Waals surface area contributed by atoms with Gasteiger partial charge >= 0.3 is 0 Å². The van der Waals surface area contributed by atoms with E-state index < -0.39 is 5.91 Å². The number of amides is 1. The molecular formula is C10H10N4O3. The van der Waals surface area contributed by atoms with Gasteiger partial charge in [0.1, 0.15) is 5.56 Å². The summed E-state index contributed by atoms with van der Waals surface area (Å²) in [4.78, 5) is 29.4. The summed E-state index contributed by atoms with van der Waals surface area (Å²) in [6.07, 6.45) is 4.51. The second kappa shape index (κ2) is 5.06. The Balaban J connectivity index is 1.90. The molecule has 17 heavy (non-hydrogen) atoms. The molecular weight excluding hydrogens is 224 g/mol. The Morgan fingerprint density at radius 1 is 1.53 bits per heavy atom. The number of nitrogens with one attached hydrogen (secondary N) is 2. The molecule has 2 aromatic heterocycles. The number of pyridine rings is 1. The van der Waals surface area contributed by atoms with Gasteiger partial charge in [0.15, 0.2) is 11.3 Å².